The molecule has 4 aromatic rings. The molecule has 4 rings (SSSR count). The van der Waals surface area contributed by atoms with E-state index in [1.165, 1.54) is 36.4 Å². The number of rotatable bonds is 2. The van der Waals surface area contributed by atoms with Gasteiger partial charge in [-0.3, -0.25) is 8.78 Å². The molecule has 0 atom stereocenters. The van der Waals surface area contributed by atoms with Crippen molar-refractivity contribution in [2.75, 3.05) is 0 Å². The molecule has 210 valence electrons. The van der Waals surface area contributed by atoms with Gasteiger partial charge in [-0.15, -0.1) is 59.7 Å². The zero-order chi connectivity index (χ0) is 24.9. The van der Waals surface area contributed by atoms with Crippen LogP contribution in [0.2, 0.25) is 0 Å². The van der Waals surface area contributed by atoms with Crippen molar-refractivity contribution >= 4 is 0 Å². The number of halogens is 8. The van der Waals surface area contributed by atoms with Crippen LogP contribution in [-0.2, 0) is 52.6 Å². The second kappa shape index (κ2) is 15.7. The molecule has 0 aliphatic carbocycles. The van der Waals surface area contributed by atoms with Crippen molar-refractivity contribution in [1.82, 2.24) is 9.97 Å². The Hall–Kier alpha value is -2.60. The monoisotopic (exact) mass is 902 g/mol. The molecule has 0 amide bonds. The van der Waals surface area contributed by atoms with Crippen LogP contribution in [-0.4, -0.2) is 20.9 Å². The van der Waals surface area contributed by atoms with Gasteiger partial charge in [0.2, 0.25) is 0 Å². The van der Waals surface area contributed by atoms with Crippen molar-refractivity contribution in [3.63, 3.8) is 0 Å². The number of alkyl halides is 6. The fraction of sp³-hybridized carbons (Fsp3) is 0.0833. The van der Waals surface area contributed by atoms with Gasteiger partial charge in [0.25, 0.3) is 0 Å². The van der Waals surface area contributed by atoms with Gasteiger partial charge in [0.05, 0.1) is 11.1 Å². The summed E-state index contributed by atoms with van der Waals surface area (Å²) >= 11 is 0. The second-order valence-electron chi connectivity index (χ2n) is 6.70. The molecule has 0 unspecified atom stereocenters. The third-order valence-electron chi connectivity index (χ3n) is 4.28. The van der Waals surface area contributed by atoms with Crippen LogP contribution in [0.1, 0.15) is 11.1 Å². The number of nitrogens with zero attached hydrogens (tertiary/aromatic N) is 2. The number of benzene rings is 2. The van der Waals surface area contributed by atoms with Gasteiger partial charge < -0.3 is 20.9 Å². The summed E-state index contributed by atoms with van der Waals surface area (Å²) in [6, 6.07) is 16.9. The Morgan fingerprint density at radius 3 is 1.08 bits per heavy atom. The van der Waals surface area contributed by atoms with E-state index in [4.69, 9.17) is 0 Å². The molecule has 0 aliphatic heterocycles. The van der Waals surface area contributed by atoms with E-state index in [0.29, 0.717) is 22.5 Å². The van der Waals surface area contributed by atoms with E-state index in [9.17, 15) is 35.1 Å². The van der Waals surface area contributed by atoms with Crippen molar-refractivity contribution in [2.24, 2.45) is 0 Å². The largest absolute Gasteiger partial charge is 0.417 e. The van der Waals surface area contributed by atoms with Gasteiger partial charge in [0, 0.05) is 64.2 Å². The minimum atomic E-state index is -4.40. The first-order valence-electron chi connectivity index (χ1n) is 9.35. The quantitative estimate of drug-likeness (QED) is 0.190. The zero-order valence-corrected chi connectivity index (χ0v) is 23.3. The normalized spacial score (nSPS) is 10.3. The number of pyridine rings is 2. The molecule has 4 N–H and O–H groups in total. The van der Waals surface area contributed by atoms with Crippen molar-refractivity contribution in [1.29, 1.82) is 0 Å². The predicted octanol–water partition coefficient (Wildman–Crippen LogP) is 5.76. The van der Waals surface area contributed by atoms with E-state index in [0.717, 1.165) is 36.7 Å². The summed E-state index contributed by atoms with van der Waals surface area (Å²) in [7, 11) is 0. The van der Waals surface area contributed by atoms with E-state index in [2.05, 4.69) is 22.1 Å². The Morgan fingerprint density at radius 1 is 0.526 bits per heavy atom. The molecule has 4 nitrogen and oxygen atoms in total. The summed E-state index contributed by atoms with van der Waals surface area (Å²) in [5.41, 5.74) is -0.108. The average molecular weight is 901 g/mol. The first-order chi connectivity index (χ1) is 15.9. The van der Waals surface area contributed by atoms with Gasteiger partial charge in [-0.2, -0.15) is 26.3 Å². The standard InChI is InChI=1S/2C12H6F4N.2Ir.2H2O/c2*13-10-4-1-8(2-5-10)11-6-3-9(7-17-11)12(14,15)16;;;;/h2*1,3-7H;;;2*1H2/q2*-1;;;;. The maximum absolute atomic E-state index is 12.6. The number of hydrogen-bond donors (Lipinski definition) is 0. The molecular weight excluding hydrogens is 885 g/mol. The summed E-state index contributed by atoms with van der Waals surface area (Å²) < 4.78 is 98.9. The first-order valence-corrected chi connectivity index (χ1v) is 9.35. The van der Waals surface area contributed by atoms with Crippen LogP contribution < -0.4 is 0 Å². The zero-order valence-electron chi connectivity index (χ0n) is 18.5. The Balaban J connectivity index is 0. The third kappa shape index (κ3) is 10.6. The van der Waals surface area contributed by atoms with E-state index in [-0.39, 0.29) is 51.2 Å². The van der Waals surface area contributed by atoms with E-state index >= 15 is 0 Å². The van der Waals surface area contributed by atoms with E-state index in [1.54, 1.807) is 0 Å². The predicted molar refractivity (Wildman–Crippen MR) is 114 cm³/mol. The van der Waals surface area contributed by atoms with Crippen LogP contribution in [0.3, 0.4) is 0 Å². The molecule has 0 spiro atoms. The van der Waals surface area contributed by atoms with Crippen molar-refractivity contribution in [3.05, 3.63) is 108 Å². The van der Waals surface area contributed by atoms with Gasteiger partial charge in [-0.05, 0) is 11.4 Å². The van der Waals surface area contributed by atoms with Crippen molar-refractivity contribution in [2.45, 2.75) is 12.4 Å². The Morgan fingerprint density at radius 2 is 0.868 bits per heavy atom. The van der Waals surface area contributed by atoms with Gasteiger partial charge in [-0.1, -0.05) is 24.3 Å². The molecule has 0 saturated carbocycles. The maximum Gasteiger partial charge on any atom is 0.417 e. The minimum absolute atomic E-state index is 0. The molecule has 0 aliphatic rings. The molecule has 0 saturated heterocycles. The molecule has 0 fully saturated rings. The summed E-state index contributed by atoms with van der Waals surface area (Å²) in [6.07, 6.45) is -7.32. The summed E-state index contributed by atoms with van der Waals surface area (Å²) in [6.45, 7) is 0. The van der Waals surface area contributed by atoms with Crippen LogP contribution in [0.4, 0.5) is 35.1 Å². The number of hydrogen-bond acceptors (Lipinski definition) is 2. The average Bonchev–Trinajstić information content (AvgIpc) is 2.80. The van der Waals surface area contributed by atoms with Gasteiger partial charge in [0.15, 0.2) is 0 Å². The fourth-order valence-electron chi connectivity index (χ4n) is 2.57. The van der Waals surface area contributed by atoms with Gasteiger partial charge >= 0.3 is 12.4 Å². The second-order valence-corrected chi connectivity index (χ2v) is 6.70. The van der Waals surface area contributed by atoms with E-state index < -0.39 is 35.1 Å². The molecule has 0 bridgehead atoms. The van der Waals surface area contributed by atoms with Crippen LogP contribution in [0.25, 0.3) is 22.5 Å². The number of aromatic nitrogens is 2. The minimum Gasteiger partial charge on any atom is -0.412 e. The summed E-state index contributed by atoms with van der Waals surface area (Å²) in [4.78, 5) is 7.34. The van der Waals surface area contributed by atoms with E-state index in [1.807, 2.05) is 0 Å². The smallest absolute Gasteiger partial charge is 0.412 e. The van der Waals surface area contributed by atoms with Crippen molar-refractivity contribution in [3.8, 4) is 22.5 Å². The van der Waals surface area contributed by atoms with Crippen LogP contribution in [0.5, 0.6) is 0 Å². The topological polar surface area (TPSA) is 88.8 Å². The summed E-state index contributed by atoms with van der Waals surface area (Å²) in [5.74, 6) is -0.915. The SMILES string of the molecule is Fc1c[c-]c(-c2ccc(C(F)(F)F)cn2)cc1.Fc1c[c-]c(-c2ccc(C(F)(F)F)cn2)cc1.O.O.[Ir].[Ir]. The van der Waals surface area contributed by atoms with Gasteiger partial charge in [-0.25, -0.2) is 0 Å². The fourth-order valence-corrected chi connectivity index (χ4v) is 2.57. The molecule has 2 radical (unpaired) electrons. The molecular formula is C24H16F8Ir2N2O2-2. The molecule has 2 aromatic carbocycles. The molecule has 2 aromatic heterocycles. The van der Waals surface area contributed by atoms with Crippen LogP contribution in [0, 0.1) is 23.8 Å². The Kier molecular flexibility index (Phi) is 15.5. The maximum atomic E-state index is 12.6. The Bertz CT molecular complexity index is 1120. The van der Waals surface area contributed by atoms with Crippen LogP contribution >= 0.6 is 0 Å². The van der Waals surface area contributed by atoms with Crippen molar-refractivity contribution < 1.29 is 86.3 Å². The van der Waals surface area contributed by atoms with Gasteiger partial charge in [0.1, 0.15) is 0 Å². The Labute approximate surface area is 238 Å². The summed E-state index contributed by atoms with van der Waals surface area (Å²) in [5, 5.41) is 0. The molecule has 14 heteroatoms. The molecule has 2 heterocycles. The van der Waals surface area contributed by atoms with Crippen LogP contribution in [0.15, 0.2) is 73.1 Å². The molecule has 38 heavy (non-hydrogen) atoms. The third-order valence-corrected chi connectivity index (χ3v) is 4.28. The first kappa shape index (κ1) is 37.6.